The van der Waals surface area contributed by atoms with E-state index in [-0.39, 0.29) is 11.9 Å². The van der Waals surface area contributed by atoms with Gasteiger partial charge in [-0.1, -0.05) is 32.1 Å². The molecule has 1 heterocycles. The van der Waals surface area contributed by atoms with Crippen LogP contribution in [0.2, 0.25) is 0 Å². The molecule has 0 aromatic heterocycles. The number of nitrogens with one attached hydrogen (secondary N) is 2. The molecule has 3 amide bonds. The summed E-state index contributed by atoms with van der Waals surface area (Å²) < 4.78 is 0. The normalized spacial score (nSPS) is 23.2. The Labute approximate surface area is 158 Å². The lowest BCUT2D eigenvalue weighted by atomic mass is 9.93. The van der Waals surface area contributed by atoms with E-state index >= 15 is 0 Å². The van der Waals surface area contributed by atoms with E-state index < -0.39 is 0 Å². The van der Waals surface area contributed by atoms with Crippen LogP contribution in [-0.4, -0.2) is 42.5 Å². The molecule has 2 N–H and O–H groups in total. The molecule has 0 spiro atoms. The Hall–Kier alpha value is -1.26. The molecular weight excluding hydrogens is 326 g/mol. The van der Waals surface area contributed by atoms with Crippen molar-refractivity contribution in [2.45, 2.75) is 89.5 Å². The number of piperidine rings is 1. The molecule has 0 aromatic rings. The minimum atomic E-state index is 0.139. The van der Waals surface area contributed by atoms with Gasteiger partial charge in [0.15, 0.2) is 0 Å². The number of nitrogens with zero attached hydrogens (tertiary/aromatic N) is 1. The number of carbonyl (C=O) groups excluding carboxylic acids is 2. The molecular formula is C21H37N3O2. The quantitative estimate of drug-likeness (QED) is 0.753. The number of likely N-dealkylation sites (tertiary alicyclic amines) is 1. The van der Waals surface area contributed by atoms with Crippen molar-refractivity contribution in [3.05, 3.63) is 0 Å². The second-order valence-electron chi connectivity index (χ2n) is 8.71. The molecule has 0 bridgehead atoms. The SMILES string of the molecule is O=C(CC1CCCC1)NCCC1CCN(C(=O)NC2CCCCC2)CC1. The summed E-state index contributed by atoms with van der Waals surface area (Å²) in [6, 6.07) is 0.532. The molecule has 1 aliphatic heterocycles. The lowest BCUT2D eigenvalue weighted by molar-refractivity contribution is -0.122. The van der Waals surface area contributed by atoms with Crippen molar-refractivity contribution in [2.24, 2.45) is 11.8 Å². The van der Waals surface area contributed by atoms with E-state index in [1.54, 1.807) is 0 Å². The van der Waals surface area contributed by atoms with Crippen LogP contribution >= 0.6 is 0 Å². The molecule has 0 atom stereocenters. The summed E-state index contributed by atoms with van der Waals surface area (Å²) in [5, 5.41) is 6.34. The van der Waals surface area contributed by atoms with Crippen molar-refractivity contribution in [1.82, 2.24) is 15.5 Å². The van der Waals surface area contributed by atoms with E-state index in [1.165, 1.54) is 44.9 Å². The van der Waals surface area contributed by atoms with Gasteiger partial charge in [-0.05, 0) is 56.8 Å². The maximum Gasteiger partial charge on any atom is 0.317 e. The third-order valence-electron chi connectivity index (χ3n) is 6.66. The highest BCUT2D eigenvalue weighted by molar-refractivity contribution is 5.76. The first kappa shape index (κ1) is 19.5. The van der Waals surface area contributed by atoms with E-state index in [0.717, 1.165) is 58.2 Å². The van der Waals surface area contributed by atoms with Crippen LogP contribution < -0.4 is 10.6 Å². The van der Waals surface area contributed by atoms with Crippen LogP contribution in [0.5, 0.6) is 0 Å². The summed E-state index contributed by atoms with van der Waals surface area (Å²) in [5.74, 6) is 1.50. The van der Waals surface area contributed by atoms with Gasteiger partial charge in [-0.25, -0.2) is 4.79 Å². The average Bonchev–Trinajstić information content (AvgIpc) is 3.16. The zero-order valence-corrected chi connectivity index (χ0v) is 16.3. The highest BCUT2D eigenvalue weighted by atomic mass is 16.2. The highest BCUT2D eigenvalue weighted by Crippen LogP contribution is 2.27. The number of hydrogen-bond donors (Lipinski definition) is 2. The second-order valence-corrected chi connectivity index (χ2v) is 8.71. The lowest BCUT2D eigenvalue weighted by Crippen LogP contribution is -2.48. The van der Waals surface area contributed by atoms with Crippen molar-refractivity contribution in [3.8, 4) is 0 Å². The van der Waals surface area contributed by atoms with Gasteiger partial charge >= 0.3 is 6.03 Å². The van der Waals surface area contributed by atoms with Crippen LogP contribution in [0.3, 0.4) is 0 Å². The van der Waals surface area contributed by atoms with Crippen LogP contribution in [0, 0.1) is 11.8 Å². The largest absolute Gasteiger partial charge is 0.356 e. The van der Waals surface area contributed by atoms with Crippen LogP contribution in [0.4, 0.5) is 4.79 Å². The number of rotatable bonds is 6. The molecule has 5 nitrogen and oxygen atoms in total. The van der Waals surface area contributed by atoms with E-state index in [9.17, 15) is 9.59 Å². The molecule has 3 fully saturated rings. The molecule has 2 aliphatic carbocycles. The molecule has 5 heteroatoms. The van der Waals surface area contributed by atoms with Crippen molar-refractivity contribution < 1.29 is 9.59 Å². The third kappa shape index (κ3) is 6.17. The minimum absolute atomic E-state index is 0.139. The van der Waals surface area contributed by atoms with Crippen LogP contribution in [0.25, 0.3) is 0 Å². The van der Waals surface area contributed by atoms with Crippen molar-refractivity contribution in [2.75, 3.05) is 19.6 Å². The van der Waals surface area contributed by atoms with Gasteiger partial charge in [0.1, 0.15) is 0 Å². The minimum Gasteiger partial charge on any atom is -0.356 e. The van der Waals surface area contributed by atoms with Crippen LogP contribution in [0.15, 0.2) is 0 Å². The molecule has 0 aromatic carbocycles. The maximum atomic E-state index is 12.4. The van der Waals surface area contributed by atoms with Gasteiger partial charge in [0.25, 0.3) is 0 Å². The van der Waals surface area contributed by atoms with E-state index in [0.29, 0.717) is 17.9 Å². The van der Waals surface area contributed by atoms with Gasteiger partial charge in [-0.3, -0.25) is 4.79 Å². The molecule has 26 heavy (non-hydrogen) atoms. The number of urea groups is 1. The monoisotopic (exact) mass is 363 g/mol. The Morgan fingerprint density at radius 2 is 1.46 bits per heavy atom. The van der Waals surface area contributed by atoms with Crippen LogP contribution in [-0.2, 0) is 4.79 Å². The summed E-state index contributed by atoms with van der Waals surface area (Å²) in [6.45, 7) is 2.52. The van der Waals surface area contributed by atoms with Crippen molar-refractivity contribution in [3.63, 3.8) is 0 Å². The van der Waals surface area contributed by atoms with Crippen molar-refractivity contribution in [1.29, 1.82) is 0 Å². The summed E-state index contributed by atoms with van der Waals surface area (Å²) in [6.07, 6.45) is 15.1. The third-order valence-corrected chi connectivity index (χ3v) is 6.66. The van der Waals surface area contributed by atoms with Gasteiger partial charge in [-0.2, -0.15) is 0 Å². The van der Waals surface area contributed by atoms with Crippen LogP contribution in [0.1, 0.15) is 83.5 Å². The first-order chi connectivity index (χ1) is 12.7. The summed E-state index contributed by atoms with van der Waals surface area (Å²) in [4.78, 5) is 26.4. The predicted molar refractivity (Wildman–Crippen MR) is 104 cm³/mol. The molecule has 0 radical (unpaired) electrons. The number of hydrogen-bond acceptors (Lipinski definition) is 2. The average molecular weight is 364 g/mol. The van der Waals surface area contributed by atoms with E-state index in [4.69, 9.17) is 0 Å². The Morgan fingerprint density at radius 3 is 2.15 bits per heavy atom. The number of carbonyl (C=O) groups is 2. The fourth-order valence-corrected chi connectivity index (χ4v) is 4.90. The van der Waals surface area contributed by atoms with Crippen molar-refractivity contribution >= 4 is 11.9 Å². The van der Waals surface area contributed by atoms with Gasteiger partial charge in [0, 0.05) is 32.1 Å². The Bertz CT molecular complexity index is 448. The molecule has 3 rings (SSSR count). The molecule has 0 unspecified atom stereocenters. The summed E-state index contributed by atoms with van der Waals surface area (Å²) >= 11 is 0. The second kappa shape index (κ2) is 10.2. The van der Waals surface area contributed by atoms with E-state index in [1.807, 2.05) is 4.90 Å². The van der Waals surface area contributed by atoms with Gasteiger partial charge in [0.2, 0.25) is 5.91 Å². The Kier molecular flexibility index (Phi) is 7.63. The Balaban J connectivity index is 1.26. The van der Waals surface area contributed by atoms with Gasteiger partial charge < -0.3 is 15.5 Å². The Morgan fingerprint density at radius 1 is 0.808 bits per heavy atom. The lowest BCUT2D eigenvalue weighted by Gasteiger charge is -2.34. The standard InChI is InChI=1S/C21H37N3O2/c25-20(16-18-6-4-5-7-18)22-13-10-17-11-14-24(15-12-17)21(26)23-19-8-2-1-3-9-19/h17-19H,1-16H2,(H,22,25)(H,23,26). The van der Waals surface area contributed by atoms with Gasteiger partial charge in [-0.15, -0.1) is 0 Å². The summed E-state index contributed by atoms with van der Waals surface area (Å²) in [7, 11) is 0. The molecule has 148 valence electrons. The van der Waals surface area contributed by atoms with Gasteiger partial charge in [0.05, 0.1) is 0 Å². The molecule has 1 saturated heterocycles. The highest BCUT2D eigenvalue weighted by Gasteiger charge is 2.25. The summed E-state index contributed by atoms with van der Waals surface area (Å²) in [5.41, 5.74) is 0. The molecule has 2 saturated carbocycles. The first-order valence-electron chi connectivity index (χ1n) is 11.0. The molecule has 3 aliphatic rings. The van der Waals surface area contributed by atoms with E-state index in [2.05, 4.69) is 10.6 Å². The fourth-order valence-electron chi connectivity index (χ4n) is 4.90. The zero-order chi connectivity index (χ0) is 18.2. The fraction of sp³-hybridized carbons (Fsp3) is 0.905. The number of amides is 3. The topological polar surface area (TPSA) is 61.4 Å². The predicted octanol–water partition coefficient (Wildman–Crippen LogP) is 3.83. The maximum absolute atomic E-state index is 12.4. The first-order valence-corrected chi connectivity index (χ1v) is 11.0. The zero-order valence-electron chi connectivity index (χ0n) is 16.3. The smallest absolute Gasteiger partial charge is 0.317 e.